The van der Waals surface area contributed by atoms with E-state index in [9.17, 15) is 10.1 Å². The third kappa shape index (κ3) is 3.93. The highest BCUT2D eigenvalue weighted by Crippen LogP contribution is 2.28. The number of nitro benzene ring substituents is 1. The molecule has 0 bridgehead atoms. The average molecular weight is 278 g/mol. The lowest BCUT2D eigenvalue weighted by atomic mass is 10.1. The van der Waals surface area contributed by atoms with Crippen LogP contribution in [0.4, 0.5) is 5.69 Å². The minimum atomic E-state index is -0.368. The van der Waals surface area contributed by atoms with Gasteiger partial charge in [-0.3, -0.25) is 10.1 Å². The van der Waals surface area contributed by atoms with Crippen molar-refractivity contribution in [1.29, 1.82) is 0 Å². The summed E-state index contributed by atoms with van der Waals surface area (Å²) in [5.74, 6) is 0.381. The molecule has 0 saturated carbocycles. The van der Waals surface area contributed by atoms with Gasteiger partial charge in [-0.2, -0.15) is 0 Å². The van der Waals surface area contributed by atoms with Gasteiger partial charge in [-0.25, -0.2) is 0 Å². The van der Waals surface area contributed by atoms with Crippen molar-refractivity contribution in [3.8, 4) is 5.75 Å². The smallest absolute Gasteiger partial charge is 0.311 e. The van der Waals surface area contributed by atoms with E-state index in [0.717, 1.165) is 31.4 Å². The molecule has 5 heteroatoms. The molecule has 0 aliphatic carbocycles. The molecule has 1 fully saturated rings. The third-order valence-corrected chi connectivity index (χ3v) is 3.75. The molecule has 1 atom stereocenters. The van der Waals surface area contributed by atoms with Crippen LogP contribution in [0.15, 0.2) is 18.2 Å². The highest BCUT2D eigenvalue weighted by Gasteiger charge is 2.16. The van der Waals surface area contributed by atoms with Crippen molar-refractivity contribution in [1.82, 2.24) is 5.32 Å². The lowest BCUT2D eigenvalue weighted by molar-refractivity contribution is -0.385. The Hall–Kier alpha value is -1.62. The van der Waals surface area contributed by atoms with Crippen molar-refractivity contribution in [3.05, 3.63) is 33.9 Å². The molecular formula is C15H22N2O3. The van der Waals surface area contributed by atoms with E-state index in [1.165, 1.54) is 12.8 Å². The number of benzene rings is 1. The average Bonchev–Trinajstić information content (AvgIpc) is 2.96. The SMILES string of the molecule is CCc1ccc(OCCCC2CCCN2)c([N+](=O)[O-])c1. The van der Waals surface area contributed by atoms with Crippen molar-refractivity contribution in [3.63, 3.8) is 0 Å². The summed E-state index contributed by atoms with van der Waals surface area (Å²) in [7, 11) is 0. The van der Waals surface area contributed by atoms with E-state index in [1.54, 1.807) is 12.1 Å². The van der Waals surface area contributed by atoms with Gasteiger partial charge in [0.1, 0.15) is 0 Å². The van der Waals surface area contributed by atoms with Crippen molar-refractivity contribution >= 4 is 5.69 Å². The first-order chi connectivity index (χ1) is 9.70. The molecule has 0 radical (unpaired) electrons. The molecular weight excluding hydrogens is 256 g/mol. The summed E-state index contributed by atoms with van der Waals surface area (Å²) in [6.07, 6.45) is 5.25. The number of hydrogen-bond acceptors (Lipinski definition) is 4. The minimum absolute atomic E-state index is 0.0725. The third-order valence-electron chi connectivity index (χ3n) is 3.75. The van der Waals surface area contributed by atoms with E-state index < -0.39 is 0 Å². The summed E-state index contributed by atoms with van der Waals surface area (Å²) in [4.78, 5) is 10.7. The number of rotatable bonds is 7. The quantitative estimate of drug-likeness (QED) is 0.473. The summed E-state index contributed by atoms with van der Waals surface area (Å²) in [6.45, 7) is 3.62. The van der Waals surface area contributed by atoms with Crippen molar-refractivity contribution in [2.75, 3.05) is 13.2 Å². The van der Waals surface area contributed by atoms with Gasteiger partial charge in [-0.05, 0) is 50.3 Å². The molecule has 20 heavy (non-hydrogen) atoms. The van der Waals surface area contributed by atoms with Crippen LogP contribution in [-0.2, 0) is 6.42 Å². The normalized spacial score (nSPS) is 18.1. The minimum Gasteiger partial charge on any atom is -0.487 e. The molecule has 1 aromatic rings. The zero-order chi connectivity index (χ0) is 14.4. The Morgan fingerprint density at radius 1 is 1.50 bits per heavy atom. The first-order valence-corrected chi connectivity index (χ1v) is 7.34. The highest BCUT2D eigenvalue weighted by atomic mass is 16.6. The molecule has 1 N–H and O–H groups in total. The number of nitro groups is 1. The highest BCUT2D eigenvalue weighted by molar-refractivity contribution is 5.48. The summed E-state index contributed by atoms with van der Waals surface area (Å²) < 4.78 is 5.59. The van der Waals surface area contributed by atoms with Crippen molar-refractivity contribution in [2.24, 2.45) is 0 Å². The Labute approximate surface area is 119 Å². The fraction of sp³-hybridized carbons (Fsp3) is 0.600. The van der Waals surface area contributed by atoms with Gasteiger partial charge in [-0.1, -0.05) is 13.0 Å². The second-order valence-corrected chi connectivity index (χ2v) is 5.20. The van der Waals surface area contributed by atoms with Crippen LogP contribution >= 0.6 is 0 Å². The Bertz CT molecular complexity index is 456. The summed E-state index contributed by atoms with van der Waals surface area (Å²) in [6, 6.07) is 5.80. The zero-order valence-electron chi connectivity index (χ0n) is 11.9. The molecule has 1 unspecified atom stereocenters. The second-order valence-electron chi connectivity index (χ2n) is 5.20. The van der Waals surface area contributed by atoms with Gasteiger partial charge in [0.15, 0.2) is 5.75 Å². The standard InChI is InChI=1S/C15H22N2O3/c1-2-12-7-8-15(14(11-12)17(18)19)20-10-4-6-13-5-3-9-16-13/h7-8,11,13,16H,2-6,9-10H2,1H3. The van der Waals surface area contributed by atoms with Gasteiger partial charge in [0.2, 0.25) is 0 Å². The molecule has 0 spiro atoms. The van der Waals surface area contributed by atoms with E-state index in [-0.39, 0.29) is 10.6 Å². The molecule has 0 amide bonds. The maximum Gasteiger partial charge on any atom is 0.311 e. The zero-order valence-corrected chi connectivity index (χ0v) is 11.9. The topological polar surface area (TPSA) is 64.4 Å². The van der Waals surface area contributed by atoms with Crippen LogP contribution in [0.3, 0.4) is 0 Å². The van der Waals surface area contributed by atoms with Gasteiger partial charge in [0, 0.05) is 12.1 Å². The van der Waals surface area contributed by atoms with Gasteiger partial charge >= 0.3 is 5.69 Å². The van der Waals surface area contributed by atoms with Gasteiger partial charge in [0.25, 0.3) is 0 Å². The fourth-order valence-corrected chi connectivity index (χ4v) is 2.56. The van der Waals surface area contributed by atoms with Crippen molar-refractivity contribution in [2.45, 2.75) is 45.1 Å². The maximum absolute atomic E-state index is 11.0. The molecule has 110 valence electrons. The number of nitrogens with zero attached hydrogens (tertiary/aromatic N) is 1. The number of hydrogen-bond donors (Lipinski definition) is 1. The molecule has 1 saturated heterocycles. The maximum atomic E-state index is 11.0. The monoisotopic (exact) mass is 278 g/mol. The van der Waals surface area contributed by atoms with Crippen LogP contribution in [0.5, 0.6) is 5.75 Å². The Morgan fingerprint density at radius 3 is 3.00 bits per heavy atom. The van der Waals surface area contributed by atoms with E-state index in [4.69, 9.17) is 4.74 Å². The summed E-state index contributed by atoms with van der Waals surface area (Å²) in [5, 5.41) is 14.5. The Balaban J connectivity index is 1.86. The number of nitrogens with one attached hydrogen (secondary N) is 1. The first-order valence-electron chi connectivity index (χ1n) is 7.34. The molecule has 1 aromatic carbocycles. The van der Waals surface area contributed by atoms with Crippen LogP contribution in [-0.4, -0.2) is 24.1 Å². The number of ether oxygens (including phenoxy) is 1. The Kier molecular flexibility index (Phi) is 5.35. The Morgan fingerprint density at radius 2 is 2.35 bits per heavy atom. The largest absolute Gasteiger partial charge is 0.487 e. The van der Waals surface area contributed by atoms with E-state index in [0.29, 0.717) is 18.4 Å². The summed E-state index contributed by atoms with van der Waals surface area (Å²) in [5.41, 5.74) is 1.03. The van der Waals surface area contributed by atoms with Gasteiger partial charge in [-0.15, -0.1) is 0 Å². The molecule has 1 aliphatic heterocycles. The van der Waals surface area contributed by atoms with Crippen LogP contribution in [0.1, 0.15) is 38.2 Å². The lowest BCUT2D eigenvalue weighted by Crippen LogP contribution is -2.21. The molecule has 2 rings (SSSR count). The van der Waals surface area contributed by atoms with E-state index in [2.05, 4.69) is 5.32 Å². The van der Waals surface area contributed by atoms with Crippen molar-refractivity contribution < 1.29 is 9.66 Å². The van der Waals surface area contributed by atoms with Crippen LogP contribution in [0.25, 0.3) is 0 Å². The molecule has 5 nitrogen and oxygen atoms in total. The van der Waals surface area contributed by atoms with E-state index >= 15 is 0 Å². The predicted molar refractivity (Wildman–Crippen MR) is 78.2 cm³/mol. The van der Waals surface area contributed by atoms with Gasteiger partial charge < -0.3 is 10.1 Å². The number of aryl methyl sites for hydroxylation is 1. The lowest BCUT2D eigenvalue weighted by Gasteiger charge is -2.11. The molecule has 1 aliphatic rings. The van der Waals surface area contributed by atoms with E-state index in [1.807, 2.05) is 13.0 Å². The van der Waals surface area contributed by atoms with Crippen LogP contribution in [0, 0.1) is 10.1 Å². The van der Waals surface area contributed by atoms with Crippen LogP contribution in [0.2, 0.25) is 0 Å². The first kappa shape index (κ1) is 14.8. The summed E-state index contributed by atoms with van der Waals surface area (Å²) >= 11 is 0. The fourth-order valence-electron chi connectivity index (χ4n) is 2.56. The van der Waals surface area contributed by atoms with Gasteiger partial charge in [0.05, 0.1) is 11.5 Å². The predicted octanol–water partition coefficient (Wildman–Crippen LogP) is 3.07. The van der Waals surface area contributed by atoms with Crippen LogP contribution < -0.4 is 10.1 Å². The molecule has 1 heterocycles. The second kappa shape index (κ2) is 7.24. The molecule has 0 aromatic heterocycles.